The molecule has 1 aromatic heterocycles. The number of rotatable bonds is 5. The van der Waals surface area contributed by atoms with Crippen LogP contribution in [-0.2, 0) is 4.74 Å². The summed E-state index contributed by atoms with van der Waals surface area (Å²) in [6, 6.07) is 4.88. The maximum atomic E-state index is 10.9. The predicted octanol–water partition coefficient (Wildman–Crippen LogP) is 1.77. The molecule has 0 aliphatic rings. The Hall–Kier alpha value is -2.21. The molecule has 1 heterocycles. The molecule has 2 N–H and O–H groups in total. The standard InChI is InChI=1S/C13H15N3O3/c1-8(6-19-2)16-12-10-4-3-9(13(17)18)5-11(10)14-7-15-12/h3-5,7-8H,6H2,1-2H3,(H,17,18)(H,14,15,16). The van der Waals surface area contributed by atoms with E-state index in [1.807, 2.05) is 6.92 Å². The number of anilines is 1. The van der Waals surface area contributed by atoms with Gasteiger partial charge in [-0.05, 0) is 25.1 Å². The monoisotopic (exact) mass is 261 g/mol. The van der Waals surface area contributed by atoms with Crippen molar-refractivity contribution in [3.05, 3.63) is 30.1 Å². The highest BCUT2D eigenvalue weighted by atomic mass is 16.5. The summed E-state index contributed by atoms with van der Waals surface area (Å²) in [5, 5.41) is 13.0. The van der Waals surface area contributed by atoms with Crippen LogP contribution in [0.5, 0.6) is 0 Å². The van der Waals surface area contributed by atoms with Crippen molar-refractivity contribution in [2.45, 2.75) is 13.0 Å². The number of benzene rings is 1. The molecule has 0 bridgehead atoms. The largest absolute Gasteiger partial charge is 0.478 e. The van der Waals surface area contributed by atoms with E-state index in [-0.39, 0.29) is 11.6 Å². The summed E-state index contributed by atoms with van der Waals surface area (Å²) in [6.45, 7) is 2.53. The molecular formula is C13H15N3O3. The van der Waals surface area contributed by atoms with Gasteiger partial charge in [0.1, 0.15) is 12.1 Å². The van der Waals surface area contributed by atoms with Crippen LogP contribution in [-0.4, -0.2) is 40.8 Å². The minimum Gasteiger partial charge on any atom is -0.478 e. The second-order valence-electron chi connectivity index (χ2n) is 4.26. The zero-order valence-electron chi connectivity index (χ0n) is 10.8. The smallest absolute Gasteiger partial charge is 0.335 e. The fourth-order valence-electron chi connectivity index (χ4n) is 1.83. The van der Waals surface area contributed by atoms with Crippen LogP contribution in [0.15, 0.2) is 24.5 Å². The number of nitrogens with one attached hydrogen (secondary N) is 1. The molecule has 1 unspecified atom stereocenters. The molecule has 6 nitrogen and oxygen atoms in total. The highest BCUT2D eigenvalue weighted by molar-refractivity contribution is 5.96. The van der Waals surface area contributed by atoms with Gasteiger partial charge in [0.15, 0.2) is 0 Å². The Labute approximate surface area is 110 Å². The molecular weight excluding hydrogens is 246 g/mol. The lowest BCUT2D eigenvalue weighted by atomic mass is 10.1. The molecule has 1 atom stereocenters. The third kappa shape index (κ3) is 2.97. The number of carboxylic acids is 1. The maximum absolute atomic E-state index is 10.9. The second-order valence-corrected chi connectivity index (χ2v) is 4.26. The van der Waals surface area contributed by atoms with Crippen molar-refractivity contribution in [3.8, 4) is 0 Å². The third-order valence-corrected chi connectivity index (χ3v) is 2.68. The van der Waals surface area contributed by atoms with E-state index in [9.17, 15) is 4.79 Å². The van der Waals surface area contributed by atoms with Crippen molar-refractivity contribution in [1.82, 2.24) is 9.97 Å². The Bertz CT molecular complexity index is 601. The average Bonchev–Trinajstić information content (AvgIpc) is 2.38. The topological polar surface area (TPSA) is 84.3 Å². The van der Waals surface area contributed by atoms with Gasteiger partial charge in [-0.1, -0.05) is 0 Å². The summed E-state index contributed by atoms with van der Waals surface area (Å²) in [4.78, 5) is 19.2. The van der Waals surface area contributed by atoms with Crippen LogP contribution in [0.4, 0.5) is 5.82 Å². The summed E-state index contributed by atoms with van der Waals surface area (Å²) in [5.74, 6) is -0.297. The van der Waals surface area contributed by atoms with Gasteiger partial charge >= 0.3 is 5.97 Å². The van der Waals surface area contributed by atoms with E-state index in [2.05, 4.69) is 15.3 Å². The van der Waals surface area contributed by atoms with Gasteiger partial charge in [-0.15, -0.1) is 0 Å². The molecule has 6 heteroatoms. The first-order valence-corrected chi connectivity index (χ1v) is 5.85. The highest BCUT2D eigenvalue weighted by Gasteiger charge is 2.09. The molecule has 19 heavy (non-hydrogen) atoms. The molecule has 2 rings (SSSR count). The first kappa shape index (κ1) is 13.2. The van der Waals surface area contributed by atoms with Crippen molar-refractivity contribution < 1.29 is 14.6 Å². The van der Waals surface area contributed by atoms with E-state index in [1.54, 1.807) is 19.2 Å². The van der Waals surface area contributed by atoms with E-state index in [1.165, 1.54) is 12.4 Å². The Morgan fingerprint density at radius 3 is 2.95 bits per heavy atom. The Morgan fingerprint density at radius 2 is 2.26 bits per heavy atom. The van der Waals surface area contributed by atoms with Gasteiger partial charge in [-0.3, -0.25) is 0 Å². The van der Waals surface area contributed by atoms with Crippen molar-refractivity contribution in [1.29, 1.82) is 0 Å². The summed E-state index contributed by atoms with van der Waals surface area (Å²) in [6.07, 6.45) is 1.41. The number of carboxylic acid groups (broad SMARTS) is 1. The summed E-state index contributed by atoms with van der Waals surface area (Å²) in [7, 11) is 1.63. The summed E-state index contributed by atoms with van der Waals surface area (Å²) in [5.41, 5.74) is 0.809. The summed E-state index contributed by atoms with van der Waals surface area (Å²) >= 11 is 0. The number of hydrogen-bond donors (Lipinski definition) is 2. The van der Waals surface area contributed by atoms with Crippen molar-refractivity contribution in [3.63, 3.8) is 0 Å². The second kappa shape index (κ2) is 5.62. The fraction of sp³-hybridized carbons (Fsp3) is 0.308. The number of hydrogen-bond acceptors (Lipinski definition) is 5. The number of nitrogens with zero attached hydrogens (tertiary/aromatic N) is 2. The maximum Gasteiger partial charge on any atom is 0.335 e. The van der Waals surface area contributed by atoms with E-state index in [0.717, 1.165) is 5.39 Å². The number of carbonyl (C=O) groups is 1. The van der Waals surface area contributed by atoms with Crippen LogP contribution in [0.3, 0.4) is 0 Å². The van der Waals surface area contributed by atoms with E-state index >= 15 is 0 Å². The normalized spacial score (nSPS) is 12.3. The Balaban J connectivity index is 2.37. The molecule has 2 aromatic rings. The van der Waals surface area contributed by atoms with Gasteiger partial charge < -0.3 is 15.2 Å². The first-order valence-electron chi connectivity index (χ1n) is 5.85. The number of fused-ring (bicyclic) bond motifs is 1. The molecule has 0 aliphatic heterocycles. The Morgan fingerprint density at radius 1 is 1.47 bits per heavy atom. The quantitative estimate of drug-likeness (QED) is 0.853. The van der Waals surface area contributed by atoms with E-state index < -0.39 is 5.97 Å². The molecule has 0 aliphatic carbocycles. The first-order chi connectivity index (χ1) is 9.11. The molecule has 0 fully saturated rings. The summed E-state index contributed by atoms with van der Waals surface area (Å²) < 4.78 is 5.05. The lowest BCUT2D eigenvalue weighted by molar-refractivity contribution is 0.0697. The zero-order chi connectivity index (χ0) is 13.8. The SMILES string of the molecule is COCC(C)Nc1ncnc2cc(C(=O)O)ccc12. The molecule has 0 radical (unpaired) electrons. The predicted molar refractivity (Wildman–Crippen MR) is 71.5 cm³/mol. The molecule has 0 amide bonds. The molecule has 100 valence electrons. The van der Waals surface area contributed by atoms with E-state index in [0.29, 0.717) is 17.9 Å². The van der Waals surface area contributed by atoms with Gasteiger partial charge in [0.2, 0.25) is 0 Å². The van der Waals surface area contributed by atoms with Gasteiger partial charge in [-0.25, -0.2) is 14.8 Å². The lowest BCUT2D eigenvalue weighted by Gasteiger charge is -2.14. The molecule has 0 spiro atoms. The van der Waals surface area contributed by atoms with Crippen LogP contribution in [0.2, 0.25) is 0 Å². The average molecular weight is 261 g/mol. The van der Waals surface area contributed by atoms with Crippen LogP contribution in [0.25, 0.3) is 10.9 Å². The molecule has 0 saturated heterocycles. The minimum atomic E-state index is -0.970. The highest BCUT2D eigenvalue weighted by Crippen LogP contribution is 2.21. The van der Waals surface area contributed by atoms with Gasteiger partial charge in [0, 0.05) is 18.5 Å². The van der Waals surface area contributed by atoms with Gasteiger partial charge in [0.25, 0.3) is 0 Å². The number of aromatic nitrogens is 2. The van der Waals surface area contributed by atoms with Gasteiger partial charge in [0.05, 0.1) is 17.7 Å². The lowest BCUT2D eigenvalue weighted by Crippen LogP contribution is -2.21. The number of ether oxygens (including phenoxy) is 1. The van der Waals surface area contributed by atoms with Crippen molar-refractivity contribution in [2.75, 3.05) is 19.0 Å². The van der Waals surface area contributed by atoms with Crippen molar-refractivity contribution >= 4 is 22.7 Å². The van der Waals surface area contributed by atoms with Crippen LogP contribution in [0.1, 0.15) is 17.3 Å². The minimum absolute atomic E-state index is 0.0993. The molecule has 0 saturated carbocycles. The number of aromatic carboxylic acids is 1. The molecule has 1 aromatic carbocycles. The number of methoxy groups -OCH3 is 1. The van der Waals surface area contributed by atoms with Crippen molar-refractivity contribution in [2.24, 2.45) is 0 Å². The van der Waals surface area contributed by atoms with Crippen LogP contribution in [0, 0.1) is 0 Å². The third-order valence-electron chi connectivity index (χ3n) is 2.68. The van der Waals surface area contributed by atoms with Crippen LogP contribution < -0.4 is 5.32 Å². The zero-order valence-corrected chi connectivity index (χ0v) is 10.8. The van der Waals surface area contributed by atoms with Crippen LogP contribution >= 0.6 is 0 Å². The fourth-order valence-corrected chi connectivity index (χ4v) is 1.83. The van der Waals surface area contributed by atoms with E-state index in [4.69, 9.17) is 9.84 Å². The van der Waals surface area contributed by atoms with Gasteiger partial charge in [-0.2, -0.15) is 0 Å². The Kier molecular flexibility index (Phi) is 3.91.